The summed E-state index contributed by atoms with van der Waals surface area (Å²) < 4.78 is 78.2. The van der Waals surface area contributed by atoms with Gasteiger partial charge in [0.05, 0.1) is 9.79 Å². The van der Waals surface area contributed by atoms with Gasteiger partial charge in [-0.15, -0.1) is 0 Å². The summed E-state index contributed by atoms with van der Waals surface area (Å²) in [6.45, 7) is 0. The van der Waals surface area contributed by atoms with Crippen molar-refractivity contribution in [2.75, 3.05) is 11.5 Å². The Hall–Kier alpha value is -5.66. The lowest BCUT2D eigenvalue weighted by Crippen LogP contribution is -1.98. The highest BCUT2D eigenvalue weighted by Crippen LogP contribution is 2.41. The molecule has 0 saturated heterocycles. The highest BCUT2D eigenvalue weighted by molar-refractivity contribution is 7.86. The van der Waals surface area contributed by atoms with E-state index in [-0.39, 0.29) is 9.79 Å². The minimum Gasteiger partial charge on any atom is -0.457 e. The van der Waals surface area contributed by atoms with Crippen molar-refractivity contribution < 1.29 is 35.4 Å². The van der Waals surface area contributed by atoms with Crippen LogP contribution in [0.4, 0.5) is 11.4 Å². The van der Waals surface area contributed by atoms with Crippen molar-refractivity contribution in [1.29, 1.82) is 0 Å². The van der Waals surface area contributed by atoms with Gasteiger partial charge in [0.2, 0.25) is 0 Å². The molecule has 6 aromatic carbocycles. The smallest absolute Gasteiger partial charge is 0.294 e. The van der Waals surface area contributed by atoms with Crippen LogP contribution in [-0.2, 0) is 20.2 Å². The molecule has 0 saturated carbocycles. The van der Waals surface area contributed by atoms with Crippen molar-refractivity contribution in [2.45, 2.75) is 9.79 Å². The summed E-state index contributed by atoms with van der Waals surface area (Å²) in [5.41, 5.74) is 16.9. The van der Waals surface area contributed by atoms with Crippen LogP contribution in [0.3, 0.4) is 0 Å². The topological polar surface area (TPSA) is 179 Å². The first-order valence-electron chi connectivity index (χ1n) is 14.3. The lowest BCUT2D eigenvalue weighted by Gasteiger charge is -2.16. The quantitative estimate of drug-likeness (QED) is 0.0865. The van der Waals surface area contributed by atoms with Gasteiger partial charge in [-0.3, -0.25) is 9.11 Å². The number of anilines is 2. The Balaban J connectivity index is 1.46. The summed E-state index contributed by atoms with van der Waals surface area (Å²) in [6, 6.07) is 36.4. The van der Waals surface area contributed by atoms with Gasteiger partial charge in [-0.25, -0.2) is 0 Å². The van der Waals surface area contributed by atoms with Gasteiger partial charge in [0.15, 0.2) is 0 Å². The second-order valence-electron chi connectivity index (χ2n) is 10.8. The van der Waals surface area contributed by atoms with Crippen molar-refractivity contribution >= 4 is 31.6 Å². The van der Waals surface area contributed by atoms with Crippen LogP contribution >= 0.6 is 0 Å². The fourth-order valence-corrected chi connectivity index (χ4v) is 5.95. The predicted molar refractivity (Wildman–Crippen MR) is 184 cm³/mol. The van der Waals surface area contributed by atoms with E-state index in [1.54, 1.807) is 84.9 Å². The molecule has 0 heterocycles. The summed E-state index contributed by atoms with van der Waals surface area (Å²) in [5.74, 6) is 2.03. The molecular weight excluding hydrogens is 653 g/mol. The molecule has 48 heavy (non-hydrogen) atoms. The van der Waals surface area contributed by atoms with Gasteiger partial charge >= 0.3 is 0 Å². The van der Waals surface area contributed by atoms with E-state index in [2.05, 4.69) is 0 Å². The highest BCUT2D eigenvalue weighted by Gasteiger charge is 2.17. The van der Waals surface area contributed by atoms with Gasteiger partial charge in [0, 0.05) is 22.5 Å². The molecule has 6 N–H and O–H groups in total. The second-order valence-corrected chi connectivity index (χ2v) is 13.6. The zero-order chi connectivity index (χ0) is 34.1. The van der Waals surface area contributed by atoms with Crippen LogP contribution in [0.5, 0.6) is 23.0 Å². The van der Waals surface area contributed by atoms with Crippen molar-refractivity contribution in [3.05, 3.63) is 133 Å². The van der Waals surface area contributed by atoms with E-state index < -0.39 is 20.2 Å². The maximum absolute atomic E-state index is 11.7. The largest absolute Gasteiger partial charge is 0.457 e. The molecule has 0 bridgehead atoms. The maximum atomic E-state index is 11.7. The van der Waals surface area contributed by atoms with Gasteiger partial charge in [0.25, 0.3) is 20.2 Å². The third kappa shape index (κ3) is 7.32. The molecule has 0 unspecified atom stereocenters. The van der Waals surface area contributed by atoms with Gasteiger partial charge in [-0.2, -0.15) is 16.8 Å². The predicted octanol–water partition coefficient (Wildman–Crippen LogP) is 7.93. The first-order valence-corrected chi connectivity index (χ1v) is 17.2. The van der Waals surface area contributed by atoms with Gasteiger partial charge in [-0.05, 0) is 119 Å². The Morgan fingerprint density at radius 2 is 0.729 bits per heavy atom. The first-order chi connectivity index (χ1) is 22.8. The first kappa shape index (κ1) is 32.3. The Kier molecular flexibility index (Phi) is 8.65. The number of rotatable bonds is 9. The Labute approximate surface area is 277 Å². The van der Waals surface area contributed by atoms with Crippen molar-refractivity contribution in [3.8, 4) is 56.4 Å². The average molecular weight is 681 g/mol. The summed E-state index contributed by atoms with van der Waals surface area (Å²) in [5, 5.41) is 0. The summed E-state index contributed by atoms with van der Waals surface area (Å²) in [7, 11) is -8.79. The maximum Gasteiger partial charge on any atom is 0.294 e. The molecular formula is C36H28N2O8S2. The monoisotopic (exact) mass is 680 g/mol. The van der Waals surface area contributed by atoms with E-state index in [4.69, 9.17) is 20.9 Å². The summed E-state index contributed by atoms with van der Waals surface area (Å²) >= 11 is 0. The lowest BCUT2D eigenvalue weighted by molar-refractivity contribution is 0.481. The number of nitrogens with two attached hydrogens (primary N) is 2. The number of hydrogen-bond donors (Lipinski definition) is 4. The normalized spacial score (nSPS) is 11.6. The third-order valence-corrected chi connectivity index (χ3v) is 9.17. The fraction of sp³-hybridized carbons (Fsp3) is 0. The minimum atomic E-state index is -4.40. The SMILES string of the molecule is Nc1ccc(Oc2ccc(-c3ccc(Oc4ccc(N)cc4)c(-c4ccc(S(=O)(=O)O)cc4)c3)cc2-c2ccc(S(=O)(=O)O)cc2)cc1. The standard InChI is InChI=1S/C36H28N2O8S2/c37-27-7-11-29(12-8-27)45-35-19-5-25(21-33(35)23-1-15-31(16-2-23)47(39,40)41)26-6-20-36(46-30-13-9-28(38)10-14-30)34(22-26)24-3-17-32(18-4-24)48(42,43)44/h1-22H,37-38H2,(H,39,40,41)(H,42,43,44). The van der Waals surface area contributed by atoms with Crippen LogP contribution in [-0.4, -0.2) is 25.9 Å². The zero-order valence-corrected chi connectivity index (χ0v) is 26.6. The molecule has 0 aliphatic rings. The van der Waals surface area contributed by atoms with E-state index in [1.807, 2.05) is 24.3 Å². The molecule has 0 spiro atoms. The molecule has 0 amide bonds. The minimum absolute atomic E-state index is 0.246. The van der Waals surface area contributed by atoms with Crippen LogP contribution in [0.25, 0.3) is 33.4 Å². The zero-order valence-electron chi connectivity index (χ0n) is 25.0. The van der Waals surface area contributed by atoms with Crippen LogP contribution in [0.2, 0.25) is 0 Å². The van der Waals surface area contributed by atoms with Gasteiger partial charge in [0.1, 0.15) is 23.0 Å². The number of ether oxygens (including phenoxy) is 2. The Morgan fingerprint density at radius 1 is 0.417 bits per heavy atom. The van der Waals surface area contributed by atoms with Crippen molar-refractivity contribution in [3.63, 3.8) is 0 Å². The molecule has 10 nitrogen and oxygen atoms in total. The third-order valence-electron chi connectivity index (χ3n) is 7.43. The number of hydrogen-bond acceptors (Lipinski definition) is 8. The van der Waals surface area contributed by atoms with Crippen molar-refractivity contribution in [1.82, 2.24) is 0 Å². The Bertz CT molecular complexity index is 2160. The van der Waals surface area contributed by atoms with E-state index in [1.165, 1.54) is 24.3 Å². The molecule has 6 rings (SSSR count). The lowest BCUT2D eigenvalue weighted by atomic mass is 9.95. The Morgan fingerprint density at radius 3 is 1.04 bits per heavy atom. The molecule has 0 aliphatic heterocycles. The second kappa shape index (κ2) is 12.9. The van der Waals surface area contributed by atoms with Crippen molar-refractivity contribution in [2.24, 2.45) is 0 Å². The molecule has 12 heteroatoms. The van der Waals surface area contributed by atoms with Crippen LogP contribution in [0, 0.1) is 0 Å². The van der Waals surface area contributed by atoms with Crippen LogP contribution in [0.15, 0.2) is 143 Å². The molecule has 0 atom stereocenters. The summed E-state index contributed by atoms with van der Waals surface area (Å²) in [6.07, 6.45) is 0. The van der Waals surface area contributed by atoms with Gasteiger partial charge in [-0.1, -0.05) is 36.4 Å². The van der Waals surface area contributed by atoms with E-state index >= 15 is 0 Å². The molecule has 242 valence electrons. The molecule has 0 radical (unpaired) electrons. The number of benzene rings is 6. The van der Waals surface area contributed by atoms with Gasteiger partial charge < -0.3 is 20.9 Å². The van der Waals surface area contributed by atoms with Crippen LogP contribution in [0.1, 0.15) is 0 Å². The molecule has 6 aromatic rings. The molecule has 0 fully saturated rings. The number of nitrogen functional groups attached to an aromatic ring is 2. The highest BCUT2D eigenvalue weighted by atomic mass is 32.2. The average Bonchev–Trinajstić information content (AvgIpc) is 3.06. The van der Waals surface area contributed by atoms with E-state index in [9.17, 15) is 25.9 Å². The summed E-state index contributed by atoms with van der Waals surface area (Å²) in [4.78, 5) is -0.491. The fourth-order valence-electron chi connectivity index (χ4n) is 4.99. The molecule has 0 aliphatic carbocycles. The molecule has 0 aromatic heterocycles. The van der Waals surface area contributed by atoms with Crippen LogP contribution < -0.4 is 20.9 Å². The van der Waals surface area contributed by atoms with E-state index in [0.29, 0.717) is 56.6 Å². The van der Waals surface area contributed by atoms with E-state index in [0.717, 1.165) is 11.1 Å².